The molecule has 0 radical (unpaired) electrons. The highest BCUT2D eigenvalue weighted by molar-refractivity contribution is 7.61. The second kappa shape index (κ2) is 8.85. The zero-order chi connectivity index (χ0) is 29.3. The van der Waals surface area contributed by atoms with Crippen LogP contribution in [0.5, 0.6) is 0 Å². The molecule has 0 N–H and O–H groups in total. The lowest BCUT2D eigenvalue weighted by Gasteiger charge is -2.76. The van der Waals surface area contributed by atoms with Gasteiger partial charge in [-0.25, -0.2) is 0 Å². The molecular formula is C38H60O3P2. The summed E-state index contributed by atoms with van der Waals surface area (Å²) in [5, 5.41) is 1.47. The zero-order valence-electron chi connectivity index (χ0n) is 27.8. The number of hydrogen-bond donors (Lipinski definition) is 0. The Morgan fingerprint density at radius 2 is 1.02 bits per heavy atom. The first kappa shape index (κ1) is 28.7. The molecule has 13 fully saturated rings. The van der Waals surface area contributed by atoms with Crippen LogP contribution in [0, 0.1) is 52.8 Å². The lowest BCUT2D eigenvalue weighted by Crippen LogP contribution is -2.83. The van der Waals surface area contributed by atoms with Crippen LogP contribution in [0.4, 0.5) is 0 Å². The van der Waals surface area contributed by atoms with Crippen LogP contribution in [0.1, 0.15) is 137 Å². The molecule has 0 aromatic carbocycles. The van der Waals surface area contributed by atoms with Crippen LogP contribution in [0.15, 0.2) is 0 Å². The largest absolute Gasteiger partial charge is 0.343 e. The van der Waals surface area contributed by atoms with E-state index in [0.717, 1.165) is 70.7 Å². The Kier molecular flexibility index (Phi) is 5.91. The van der Waals surface area contributed by atoms with Crippen LogP contribution >= 0.6 is 17.2 Å². The van der Waals surface area contributed by atoms with E-state index in [2.05, 4.69) is 36.9 Å². The van der Waals surface area contributed by atoms with E-state index >= 15 is 0 Å². The van der Waals surface area contributed by atoms with Crippen LogP contribution in [0.2, 0.25) is 0 Å². The third kappa shape index (κ3) is 3.74. The van der Waals surface area contributed by atoms with Crippen molar-refractivity contribution in [2.45, 2.75) is 170 Å². The van der Waals surface area contributed by atoms with E-state index in [1.807, 2.05) is 0 Å². The zero-order valence-corrected chi connectivity index (χ0v) is 29.9. The van der Waals surface area contributed by atoms with E-state index in [9.17, 15) is 0 Å². The summed E-state index contributed by atoms with van der Waals surface area (Å²) in [5.74, 6) is 6.99. The Morgan fingerprint density at radius 3 is 1.42 bits per heavy atom. The molecule has 0 aromatic heterocycles. The van der Waals surface area contributed by atoms with Gasteiger partial charge in [0.1, 0.15) is 0 Å². The van der Waals surface area contributed by atoms with Gasteiger partial charge in [0.15, 0.2) is 11.6 Å². The van der Waals surface area contributed by atoms with Crippen LogP contribution in [-0.4, -0.2) is 45.4 Å². The smallest absolute Gasteiger partial charge is 0.172 e. The van der Waals surface area contributed by atoms with Gasteiger partial charge in [-0.2, -0.15) is 0 Å². The van der Waals surface area contributed by atoms with Crippen LogP contribution in [0.25, 0.3) is 0 Å². The summed E-state index contributed by atoms with van der Waals surface area (Å²) in [4.78, 5) is 0. The van der Waals surface area contributed by atoms with E-state index < -0.39 is 11.6 Å². The summed E-state index contributed by atoms with van der Waals surface area (Å²) in [6.07, 6.45) is 28.1. The molecular weight excluding hydrogens is 566 g/mol. The fraction of sp³-hybridized carbons (Fsp3) is 1.00. The topological polar surface area (TPSA) is 27.7 Å². The maximum atomic E-state index is 7.19. The summed E-state index contributed by atoms with van der Waals surface area (Å²) in [6.45, 7) is 9.40. The summed E-state index contributed by atoms with van der Waals surface area (Å²) in [7, 11) is 3.30. The van der Waals surface area contributed by atoms with Crippen molar-refractivity contribution < 1.29 is 14.2 Å². The second-order valence-electron chi connectivity index (χ2n) is 19.8. The highest BCUT2D eigenvalue weighted by Gasteiger charge is 2.79. The molecule has 13 rings (SSSR count). The van der Waals surface area contributed by atoms with Gasteiger partial charge in [-0.05, 0) is 188 Å². The number of hydrogen-bond acceptors (Lipinski definition) is 3. The van der Waals surface area contributed by atoms with E-state index in [1.165, 1.54) is 19.3 Å². The van der Waals surface area contributed by atoms with Gasteiger partial charge in [-0.15, -0.1) is 9.24 Å². The third-order valence-electron chi connectivity index (χ3n) is 16.7. The monoisotopic (exact) mass is 626 g/mol. The molecule has 5 heteroatoms. The minimum Gasteiger partial charge on any atom is -0.343 e. The molecule has 5 unspecified atom stereocenters. The maximum Gasteiger partial charge on any atom is 0.172 e. The van der Waals surface area contributed by atoms with Gasteiger partial charge in [-0.3, -0.25) is 0 Å². The Bertz CT molecular complexity index is 1040. The van der Waals surface area contributed by atoms with Crippen molar-refractivity contribution in [3.05, 3.63) is 0 Å². The SMILES string of the molecule is CC12CC3(C)OC(C)(CC(C)(O1)C3(CP)[C@@H]1CCC[C@@H]1CP(C13CC4CC(CC(C4)C1)C3)C13CC4CC(CC(C4)C1)C3)O2. The van der Waals surface area contributed by atoms with Crippen molar-refractivity contribution in [1.82, 2.24) is 0 Å². The molecule has 7 atom stereocenters. The molecule has 4 saturated heterocycles. The minimum absolute atomic E-state index is 0.0237. The highest BCUT2D eigenvalue weighted by Crippen LogP contribution is 2.80. The molecule has 43 heavy (non-hydrogen) atoms. The van der Waals surface area contributed by atoms with Crippen LogP contribution in [0.3, 0.4) is 0 Å². The Balaban J connectivity index is 1.05. The Labute approximate surface area is 265 Å². The van der Waals surface area contributed by atoms with Gasteiger partial charge in [0.25, 0.3) is 0 Å². The van der Waals surface area contributed by atoms with Crippen molar-refractivity contribution >= 4 is 17.2 Å². The summed E-state index contributed by atoms with van der Waals surface area (Å²) in [6, 6.07) is 0. The molecule has 9 aliphatic carbocycles. The number of ether oxygens (including phenoxy) is 3. The minimum atomic E-state index is -0.517. The molecule has 13 aliphatic rings. The molecule has 0 spiro atoms. The predicted octanol–water partition coefficient (Wildman–Crippen LogP) is 9.50. The molecule has 4 heterocycles. The molecule has 3 nitrogen and oxygen atoms in total. The number of rotatable bonds is 6. The van der Waals surface area contributed by atoms with E-state index in [1.54, 1.807) is 83.2 Å². The first-order valence-electron chi connectivity index (χ1n) is 19.0. The Hall–Kier alpha value is 0.740. The normalized spacial score (nSPS) is 64.7. The van der Waals surface area contributed by atoms with Crippen molar-refractivity contribution in [3.8, 4) is 0 Å². The fourth-order valence-corrected chi connectivity index (χ4v) is 23.9. The van der Waals surface area contributed by atoms with Gasteiger partial charge >= 0.3 is 0 Å². The fourth-order valence-electron chi connectivity index (χ4n) is 17.1. The van der Waals surface area contributed by atoms with Gasteiger partial charge in [0.2, 0.25) is 0 Å². The Morgan fingerprint density at radius 1 is 0.605 bits per heavy atom. The van der Waals surface area contributed by atoms with E-state index in [0.29, 0.717) is 5.92 Å². The van der Waals surface area contributed by atoms with Crippen molar-refractivity contribution in [2.24, 2.45) is 52.8 Å². The summed E-state index contributed by atoms with van der Waals surface area (Å²) >= 11 is 0. The van der Waals surface area contributed by atoms with Gasteiger partial charge in [0, 0.05) is 18.3 Å². The molecule has 9 saturated carbocycles. The lowest BCUT2D eigenvalue weighted by molar-refractivity contribution is -0.548. The molecule has 12 bridgehead atoms. The highest BCUT2D eigenvalue weighted by atomic mass is 31.1. The van der Waals surface area contributed by atoms with Gasteiger partial charge in [-0.1, -0.05) is 14.3 Å². The quantitative estimate of drug-likeness (QED) is 0.275. The van der Waals surface area contributed by atoms with Crippen molar-refractivity contribution in [2.75, 3.05) is 12.3 Å². The van der Waals surface area contributed by atoms with Gasteiger partial charge < -0.3 is 14.2 Å². The van der Waals surface area contributed by atoms with E-state index in [-0.39, 0.29) is 24.5 Å². The standard InChI is InChI=1S/C38H60O3P2/c1-32-21-34(3)40-33(2,22-35(4,39-32)41-34)38(32,23-42)31-7-5-6-30(31)20-43(36-14-24-8-25(15-36)10-26(9-24)16-36)37-17-27-11-28(18-37)13-29(12-27)19-37/h24-31H,5-23,42H2,1-4H3/t24?,25?,26?,27?,28?,29?,30-,31-,32?,33?,34?,35?,36?,37?,38?,43?/m1/s1. The van der Waals surface area contributed by atoms with Crippen molar-refractivity contribution in [3.63, 3.8) is 0 Å². The van der Waals surface area contributed by atoms with Gasteiger partial charge in [0.05, 0.1) is 11.2 Å². The van der Waals surface area contributed by atoms with Crippen LogP contribution < -0.4 is 0 Å². The van der Waals surface area contributed by atoms with Crippen LogP contribution in [-0.2, 0) is 14.2 Å². The van der Waals surface area contributed by atoms with Crippen molar-refractivity contribution in [1.29, 1.82) is 0 Å². The second-order valence-corrected chi connectivity index (χ2v) is 23.3. The predicted molar refractivity (Wildman–Crippen MR) is 178 cm³/mol. The first-order chi connectivity index (χ1) is 20.4. The summed E-state index contributed by atoms with van der Waals surface area (Å²) in [5.41, 5.74) is -0.350. The molecule has 4 aliphatic heterocycles. The average molecular weight is 627 g/mol. The molecule has 0 amide bonds. The van der Waals surface area contributed by atoms with E-state index in [4.69, 9.17) is 14.2 Å². The molecule has 0 aromatic rings. The average Bonchev–Trinajstić information content (AvgIpc) is 3.31. The molecule has 240 valence electrons. The first-order valence-corrected chi connectivity index (χ1v) is 21.3. The summed E-state index contributed by atoms with van der Waals surface area (Å²) < 4.78 is 20.9. The maximum absolute atomic E-state index is 7.19. The third-order valence-corrected chi connectivity index (χ3v) is 21.6. The lowest BCUT2D eigenvalue weighted by atomic mass is 9.48.